The van der Waals surface area contributed by atoms with E-state index in [1.54, 1.807) is 31.2 Å². The Hall–Kier alpha value is 0.0639. The number of hydrogen-bond acceptors (Lipinski definition) is 3. The zero-order chi connectivity index (χ0) is 14.7. The average molecular weight is 449 g/mol. The van der Waals surface area contributed by atoms with E-state index < -0.39 is 0 Å². The molecule has 1 radical (unpaired) electrons. The molecule has 1 amide bonds. The van der Waals surface area contributed by atoms with Gasteiger partial charge in [-0.25, -0.2) is 6.08 Å². The molecular weight excluding hydrogens is 434 g/mol. The summed E-state index contributed by atoms with van der Waals surface area (Å²) in [6.45, 7) is 0.161. The second kappa shape index (κ2) is 8.63. The summed E-state index contributed by atoms with van der Waals surface area (Å²) in [5.41, 5.74) is 1.45. The second-order valence-electron chi connectivity index (χ2n) is 4.29. The minimum absolute atomic E-state index is 0. The quantitative estimate of drug-likeness (QED) is 0.404. The Labute approximate surface area is 162 Å². The molecule has 1 aromatic carbocycles. The van der Waals surface area contributed by atoms with Crippen LogP contribution in [-0.4, -0.2) is 36.6 Å². The number of allylic oxidation sites excluding steroid dienone is 1. The fraction of sp³-hybridized carbons (Fsp3) is 0.357. The third-order valence-electron chi connectivity index (χ3n) is 2.92. The molecule has 0 aliphatic carbocycles. The molecule has 0 fully saturated rings. The van der Waals surface area contributed by atoms with E-state index in [4.69, 9.17) is 21.1 Å². The summed E-state index contributed by atoms with van der Waals surface area (Å²) in [5, 5.41) is 0.508. The predicted molar refractivity (Wildman–Crippen MR) is 80.7 cm³/mol. The Morgan fingerprint density at radius 1 is 1.52 bits per heavy atom. The van der Waals surface area contributed by atoms with Crippen molar-refractivity contribution in [2.45, 2.75) is 11.2 Å². The normalized spacial score (nSPS) is 18.1. The van der Waals surface area contributed by atoms with Crippen LogP contribution in [-0.2, 0) is 42.2 Å². The van der Waals surface area contributed by atoms with E-state index in [9.17, 15) is 4.79 Å². The molecule has 0 aromatic heterocycles. The Morgan fingerprint density at radius 2 is 2.24 bits per heavy atom. The first-order chi connectivity index (χ1) is 9.54. The number of nitrogens with zero attached hydrogens (tertiary/aromatic N) is 1. The van der Waals surface area contributed by atoms with Gasteiger partial charge in [-0.2, -0.15) is 0 Å². The number of ether oxygens (including phenoxy) is 2. The number of rotatable bonds is 4. The van der Waals surface area contributed by atoms with Gasteiger partial charge in [0.1, 0.15) is 5.75 Å². The van der Waals surface area contributed by atoms with Gasteiger partial charge in [0.15, 0.2) is 6.79 Å². The number of carbonyl (C=O) groups excluding carboxylic acids is 1. The van der Waals surface area contributed by atoms with E-state index >= 15 is 0 Å². The van der Waals surface area contributed by atoms with E-state index in [0.29, 0.717) is 22.9 Å². The number of alkyl halides is 1. The van der Waals surface area contributed by atoms with Gasteiger partial charge in [0.25, 0.3) is 0 Å². The number of hydrogen-bond donors (Lipinski definition) is 0. The van der Waals surface area contributed by atoms with Gasteiger partial charge in [0.05, 0.1) is 4.83 Å². The van der Waals surface area contributed by atoms with Gasteiger partial charge in [-0.05, 0) is 17.2 Å². The zero-order valence-electron chi connectivity index (χ0n) is 11.7. The molecule has 21 heavy (non-hydrogen) atoms. The van der Waals surface area contributed by atoms with Crippen LogP contribution in [0.4, 0.5) is 0 Å². The van der Waals surface area contributed by atoms with E-state index in [1.807, 2.05) is 6.07 Å². The molecule has 2 rings (SSSR count). The number of amides is 1. The monoisotopic (exact) mass is 447 g/mol. The van der Waals surface area contributed by atoms with Crippen molar-refractivity contribution in [2.24, 2.45) is 0 Å². The van der Waals surface area contributed by atoms with Crippen LogP contribution in [0.25, 0.3) is 5.70 Å². The summed E-state index contributed by atoms with van der Waals surface area (Å²) in [7, 11) is 3.26. The Bertz CT molecular complexity index is 553. The largest absolute Gasteiger partial charge is 0.468 e. The maximum atomic E-state index is 12.0. The zero-order valence-corrected chi connectivity index (χ0v) is 16.9. The molecule has 1 aromatic rings. The van der Waals surface area contributed by atoms with Crippen molar-refractivity contribution >= 4 is 39.1 Å². The van der Waals surface area contributed by atoms with Gasteiger partial charge in [0.2, 0.25) is 5.91 Å². The van der Waals surface area contributed by atoms with E-state index in [2.05, 4.69) is 22.0 Å². The molecule has 111 valence electrons. The topological polar surface area (TPSA) is 38.8 Å². The summed E-state index contributed by atoms with van der Waals surface area (Å²) in [6.07, 6.45) is 3.72. The van der Waals surface area contributed by atoms with E-state index in [-0.39, 0.29) is 50.2 Å². The van der Waals surface area contributed by atoms with E-state index in [1.165, 1.54) is 0 Å². The van der Waals surface area contributed by atoms with Crippen LogP contribution in [0, 0.1) is 6.08 Å². The standard InChI is InChI=1S/C14H14BrClNO3.Y/c1-17-13(6-5-11(15)14(17)18)10-4-3-9(7-12(10)16)20-8-19-2;/h3-4,7,11H,5,8H2,1-2H3;/q-1;. The summed E-state index contributed by atoms with van der Waals surface area (Å²) in [6, 6.07) is 5.30. The maximum absolute atomic E-state index is 12.0. The van der Waals surface area contributed by atoms with Crippen LogP contribution >= 0.6 is 27.5 Å². The predicted octanol–water partition coefficient (Wildman–Crippen LogP) is 3.09. The van der Waals surface area contributed by atoms with Crippen molar-refractivity contribution in [1.29, 1.82) is 0 Å². The van der Waals surface area contributed by atoms with Gasteiger partial charge in [-0.1, -0.05) is 22.4 Å². The molecule has 0 saturated heterocycles. The molecule has 0 N–H and O–H groups in total. The first-order valence-corrected chi connectivity index (χ1v) is 7.28. The molecule has 1 unspecified atom stereocenters. The Kier molecular flexibility index (Phi) is 7.86. The molecule has 1 atom stereocenters. The van der Waals surface area contributed by atoms with Crippen molar-refractivity contribution in [3.63, 3.8) is 0 Å². The van der Waals surface area contributed by atoms with Crippen molar-refractivity contribution in [1.82, 2.24) is 4.90 Å². The molecular formula is C14H14BrClNO3Y-. The fourth-order valence-electron chi connectivity index (χ4n) is 1.89. The fourth-order valence-corrected chi connectivity index (χ4v) is 2.62. The minimum atomic E-state index is -0.223. The summed E-state index contributed by atoms with van der Waals surface area (Å²) in [4.78, 5) is 13.3. The summed E-state index contributed by atoms with van der Waals surface area (Å²) < 4.78 is 10.2. The molecule has 1 aliphatic heterocycles. The van der Waals surface area contributed by atoms with Gasteiger partial charge >= 0.3 is 0 Å². The number of benzene rings is 1. The number of methoxy groups -OCH3 is 1. The van der Waals surface area contributed by atoms with Crippen molar-refractivity contribution in [3.05, 3.63) is 34.9 Å². The third kappa shape index (κ3) is 4.52. The van der Waals surface area contributed by atoms with Crippen LogP contribution in [0.1, 0.15) is 12.0 Å². The number of carbonyl (C=O) groups is 1. The van der Waals surface area contributed by atoms with Gasteiger partial charge in [0, 0.05) is 46.9 Å². The van der Waals surface area contributed by atoms with Crippen LogP contribution in [0.2, 0.25) is 5.02 Å². The van der Waals surface area contributed by atoms with Gasteiger partial charge < -0.3 is 14.4 Å². The Morgan fingerprint density at radius 3 is 2.86 bits per heavy atom. The smallest absolute Gasteiger partial charge is 0.236 e. The Balaban J connectivity index is 0.00000220. The summed E-state index contributed by atoms with van der Waals surface area (Å²) in [5.74, 6) is 0.610. The van der Waals surface area contributed by atoms with E-state index in [0.717, 1.165) is 5.56 Å². The maximum Gasteiger partial charge on any atom is 0.236 e. The third-order valence-corrected chi connectivity index (χ3v) is 3.95. The summed E-state index contributed by atoms with van der Waals surface area (Å²) >= 11 is 9.58. The molecule has 7 heteroatoms. The first-order valence-electron chi connectivity index (χ1n) is 5.98. The molecule has 4 nitrogen and oxygen atoms in total. The van der Waals surface area contributed by atoms with Gasteiger partial charge in [-0.3, -0.25) is 4.79 Å². The van der Waals surface area contributed by atoms with Crippen molar-refractivity contribution < 1.29 is 47.0 Å². The van der Waals surface area contributed by atoms with Crippen LogP contribution in [0.3, 0.4) is 0 Å². The van der Waals surface area contributed by atoms with Gasteiger partial charge in [-0.15, -0.1) is 28.9 Å². The second-order valence-corrected chi connectivity index (χ2v) is 5.80. The van der Waals surface area contributed by atoms with Crippen LogP contribution < -0.4 is 4.74 Å². The first kappa shape index (κ1) is 19.1. The SMILES string of the molecule is COCOc1ccc(C2=[C-]CC(Br)C(=O)N2C)c(Cl)c1.[Y]. The molecule has 1 aliphatic rings. The molecule has 0 bridgehead atoms. The minimum Gasteiger partial charge on any atom is -0.468 e. The van der Waals surface area contributed by atoms with Crippen LogP contribution in [0.5, 0.6) is 5.75 Å². The van der Waals surface area contributed by atoms with Crippen LogP contribution in [0.15, 0.2) is 18.2 Å². The van der Waals surface area contributed by atoms with Crippen molar-refractivity contribution in [3.8, 4) is 5.75 Å². The number of halogens is 2. The average Bonchev–Trinajstić information content (AvgIpc) is 2.44. The van der Waals surface area contributed by atoms with Crippen molar-refractivity contribution in [2.75, 3.05) is 21.0 Å². The molecule has 1 heterocycles. The molecule has 0 saturated carbocycles. The molecule has 0 spiro atoms.